The van der Waals surface area contributed by atoms with Gasteiger partial charge >= 0.3 is 0 Å². The summed E-state index contributed by atoms with van der Waals surface area (Å²) in [6.45, 7) is 12.8. The van der Waals surface area contributed by atoms with E-state index in [1.165, 1.54) is 38.9 Å². The Morgan fingerprint density at radius 2 is 1.84 bits per heavy atom. The first kappa shape index (κ1) is 15.3. The Morgan fingerprint density at radius 1 is 1.16 bits per heavy atom. The normalized spacial score (nSPS) is 31.6. The molecule has 0 aromatic heterocycles. The molecule has 2 rings (SSSR count). The number of likely N-dealkylation sites (tertiary alicyclic amines) is 1. The van der Waals surface area contributed by atoms with Gasteiger partial charge in [-0.3, -0.25) is 0 Å². The molecule has 0 aliphatic carbocycles. The minimum atomic E-state index is 0.480. The van der Waals surface area contributed by atoms with E-state index in [2.05, 4.69) is 38.0 Å². The third kappa shape index (κ3) is 4.17. The van der Waals surface area contributed by atoms with Gasteiger partial charge in [0, 0.05) is 25.1 Å². The number of rotatable bonds is 3. The molecule has 3 nitrogen and oxygen atoms in total. The van der Waals surface area contributed by atoms with Crippen LogP contribution < -0.4 is 5.32 Å². The maximum atomic E-state index is 5.66. The molecule has 0 bridgehead atoms. The van der Waals surface area contributed by atoms with Gasteiger partial charge in [0.15, 0.2) is 0 Å². The van der Waals surface area contributed by atoms with Crippen LogP contribution in [0.5, 0.6) is 0 Å². The monoisotopic (exact) mass is 268 g/mol. The molecule has 0 radical (unpaired) electrons. The molecule has 2 unspecified atom stereocenters. The summed E-state index contributed by atoms with van der Waals surface area (Å²) in [5, 5.41) is 3.47. The Morgan fingerprint density at radius 3 is 2.42 bits per heavy atom. The van der Waals surface area contributed by atoms with Gasteiger partial charge in [0.05, 0.1) is 6.61 Å². The van der Waals surface area contributed by atoms with E-state index in [4.69, 9.17) is 4.74 Å². The number of nitrogens with zero attached hydrogens (tertiary/aromatic N) is 1. The van der Waals surface area contributed by atoms with Gasteiger partial charge in [0.25, 0.3) is 0 Å². The van der Waals surface area contributed by atoms with E-state index in [-0.39, 0.29) is 0 Å². The molecule has 3 heteroatoms. The number of hydrogen-bond donors (Lipinski definition) is 1. The smallest absolute Gasteiger partial charge is 0.0521 e. The SMILES string of the molecule is CNC1CCOCC1CN1CCC(C(C)(C)C)CC1. The second-order valence-corrected chi connectivity index (χ2v) is 7.46. The highest BCUT2D eigenvalue weighted by Crippen LogP contribution is 2.34. The van der Waals surface area contributed by atoms with Gasteiger partial charge in [-0.05, 0) is 50.7 Å². The van der Waals surface area contributed by atoms with Crippen LogP contribution >= 0.6 is 0 Å². The molecule has 1 N–H and O–H groups in total. The molecular weight excluding hydrogens is 236 g/mol. The van der Waals surface area contributed by atoms with E-state index < -0.39 is 0 Å². The molecule has 0 amide bonds. The summed E-state index contributed by atoms with van der Waals surface area (Å²) in [7, 11) is 2.09. The van der Waals surface area contributed by atoms with Crippen molar-refractivity contribution in [1.29, 1.82) is 0 Å². The molecule has 0 aromatic rings. The molecule has 2 fully saturated rings. The Kier molecular flexibility index (Phi) is 5.27. The lowest BCUT2D eigenvalue weighted by Crippen LogP contribution is -2.48. The fourth-order valence-electron chi connectivity index (χ4n) is 3.67. The third-order valence-corrected chi connectivity index (χ3v) is 5.15. The zero-order valence-corrected chi connectivity index (χ0v) is 13.2. The lowest BCUT2D eigenvalue weighted by molar-refractivity contribution is 0.00918. The summed E-state index contributed by atoms with van der Waals surface area (Å²) >= 11 is 0. The molecule has 2 atom stereocenters. The van der Waals surface area contributed by atoms with Crippen LogP contribution in [0.2, 0.25) is 0 Å². The molecular formula is C16H32N2O. The quantitative estimate of drug-likeness (QED) is 0.850. The maximum absolute atomic E-state index is 5.66. The average Bonchev–Trinajstić information content (AvgIpc) is 2.39. The van der Waals surface area contributed by atoms with Crippen molar-refractivity contribution in [1.82, 2.24) is 10.2 Å². The summed E-state index contributed by atoms with van der Waals surface area (Å²) in [4.78, 5) is 2.66. The highest BCUT2D eigenvalue weighted by atomic mass is 16.5. The maximum Gasteiger partial charge on any atom is 0.0521 e. The van der Waals surface area contributed by atoms with Crippen LogP contribution in [-0.2, 0) is 4.74 Å². The zero-order valence-electron chi connectivity index (χ0n) is 13.2. The van der Waals surface area contributed by atoms with Crippen LogP contribution in [0.4, 0.5) is 0 Å². The van der Waals surface area contributed by atoms with Crippen molar-refractivity contribution in [3.8, 4) is 0 Å². The van der Waals surface area contributed by atoms with Crippen LogP contribution in [0.25, 0.3) is 0 Å². The second-order valence-electron chi connectivity index (χ2n) is 7.46. The number of piperidine rings is 1. The minimum absolute atomic E-state index is 0.480. The van der Waals surface area contributed by atoms with Gasteiger partial charge in [-0.2, -0.15) is 0 Å². The molecule has 0 spiro atoms. The van der Waals surface area contributed by atoms with Crippen molar-refractivity contribution >= 4 is 0 Å². The van der Waals surface area contributed by atoms with Crippen molar-refractivity contribution in [3.63, 3.8) is 0 Å². The molecule has 0 aromatic carbocycles. The van der Waals surface area contributed by atoms with Crippen molar-refractivity contribution < 1.29 is 4.74 Å². The molecule has 112 valence electrons. The number of ether oxygens (including phenoxy) is 1. The van der Waals surface area contributed by atoms with Gasteiger partial charge in [0.1, 0.15) is 0 Å². The van der Waals surface area contributed by atoms with Crippen LogP contribution in [0, 0.1) is 17.3 Å². The van der Waals surface area contributed by atoms with Crippen molar-refractivity contribution in [2.75, 3.05) is 39.9 Å². The Balaban J connectivity index is 1.78. The first-order valence-corrected chi connectivity index (χ1v) is 7.98. The van der Waals surface area contributed by atoms with Crippen LogP contribution in [0.1, 0.15) is 40.0 Å². The van der Waals surface area contributed by atoms with Crippen LogP contribution in [0.15, 0.2) is 0 Å². The lowest BCUT2D eigenvalue weighted by atomic mass is 9.75. The average molecular weight is 268 g/mol. The van der Waals surface area contributed by atoms with E-state index in [0.717, 1.165) is 19.1 Å². The molecule has 19 heavy (non-hydrogen) atoms. The first-order valence-electron chi connectivity index (χ1n) is 7.98. The molecule has 2 heterocycles. The summed E-state index contributed by atoms with van der Waals surface area (Å²) < 4.78 is 5.66. The van der Waals surface area contributed by atoms with E-state index in [1.807, 2.05) is 0 Å². The van der Waals surface area contributed by atoms with Crippen LogP contribution in [-0.4, -0.2) is 50.8 Å². The minimum Gasteiger partial charge on any atom is -0.381 e. The van der Waals surface area contributed by atoms with E-state index in [9.17, 15) is 0 Å². The van der Waals surface area contributed by atoms with E-state index in [1.54, 1.807) is 0 Å². The van der Waals surface area contributed by atoms with E-state index >= 15 is 0 Å². The standard InChI is InChI=1S/C16H32N2O/c1-16(2,3)14-5-8-18(9-6-14)11-13-12-19-10-7-15(13)17-4/h13-15,17H,5-12H2,1-4H3. The molecule has 2 aliphatic heterocycles. The summed E-state index contributed by atoms with van der Waals surface area (Å²) in [5.74, 6) is 1.57. The summed E-state index contributed by atoms with van der Waals surface area (Å²) in [6.07, 6.45) is 3.89. The van der Waals surface area contributed by atoms with Crippen LogP contribution in [0.3, 0.4) is 0 Å². The molecule has 2 aliphatic rings. The molecule has 0 saturated carbocycles. The predicted molar refractivity (Wildman–Crippen MR) is 80.4 cm³/mol. The molecule has 2 saturated heterocycles. The number of hydrogen-bond acceptors (Lipinski definition) is 3. The van der Waals surface area contributed by atoms with Crippen molar-refractivity contribution in [2.24, 2.45) is 17.3 Å². The fraction of sp³-hybridized carbons (Fsp3) is 1.00. The van der Waals surface area contributed by atoms with Gasteiger partial charge < -0.3 is 15.0 Å². The summed E-state index contributed by atoms with van der Waals surface area (Å²) in [6, 6.07) is 0.647. The predicted octanol–water partition coefficient (Wildman–Crippen LogP) is 2.37. The van der Waals surface area contributed by atoms with Gasteiger partial charge in [0.2, 0.25) is 0 Å². The van der Waals surface area contributed by atoms with Crippen molar-refractivity contribution in [3.05, 3.63) is 0 Å². The third-order valence-electron chi connectivity index (χ3n) is 5.15. The van der Waals surface area contributed by atoms with Crippen molar-refractivity contribution in [2.45, 2.75) is 46.1 Å². The first-order chi connectivity index (χ1) is 9.00. The topological polar surface area (TPSA) is 24.5 Å². The van der Waals surface area contributed by atoms with Gasteiger partial charge in [-0.25, -0.2) is 0 Å². The lowest BCUT2D eigenvalue weighted by Gasteiger charge is -2.41. The Hall–Kier alpha value is -0.120. The second kappa shape index (κ2) is 6.55. The highest BCUT2D eigenvalue weighted by Gasteiger charge is 2.31. The fourth-order valence-corrected chi connectivity index (χ4v) is 3.67. The highest BCUT2D eigenvalue weighted by molar-refractivity contribution is 4.85. The van der Waals surface area contributed by atoms with E-state index in [0.29, 0.717) is 17.4 Å². The Bertz CT molecular complexity index is 266. The Labute approximate surface area is 119 Å². The largest absolute Gasteiger partial charge is 0.381 e. The van der Waals surface area contributed by atoms with Gasteiger partial charge in [-0.15, -0.1) is 0 Å². The summed E-state index contributed by atoms with van der Waals surface area (Å²) in [5.41, 5.74) is 0.480. The zero-order chi connectivity index (χ0) is 13.9. The van der Waals surface area contributed by atoms with Gasteiger partial charge in [-0.1, -0.05) is 20.8 Å². The number of nitrogens with one attached hydrogen (secondary N) is 1.